The van der Waals surface area contributed by atoms with Crippen LogP contribution in [0.15, 0.2) is 6.07 Å². The number of aromatic nitrogens is 3. The van der Waals surface area contributed by atoms with Crippen molar-refractivity contribution in [2.75, 3.05) is 5.73 Å². The Labute approximate surface area is 88.9 Å². The smallest absolute Gasteiger partial charge is 0.183 e. The number of aryl methyl sites for hydroxylation is 1. The first-order chi connectivity index (χ1) is 6.89. The average molecular weight is 204 g/mol. The van der Waals surface area contributed by atoms with Gasteiger partial charge in [-0.2, -0.15) is 5.10 Å². The van der Waals surface area contributed by atoms with E-state index < -0.39 is 0 Å². The van der Waals surface area contributed by atoms with Crippen molar-refractivity contribution >= 4 is 16.7 Å². The van der Waals surface area contributed by atoms with Crippen LogP contribution in [-0.2, 0) is 5.41 Å². The highest BCUT2D eigenvalue weighted by Crippen LogP contribution is 2.27. The predicted molar refractivity (Wildman–Crippen MR) is 61.7 cm³/mol. The monoisotopic (exact) mass is 204 g/mol. The molecule has 0 aliphatic rings. The topological polar surface area (TPSA) is 67.6 Å². The fourth-order valence-corrected chi connectivity index (χ4v) is 1.59. The molecule has 0 saturated carbocycles. The zero-order valence-electron chi connectivity index (χ0n) is 9.55. The van der Waals surface area contributed by atoms with Gasteiger partial charge in [0.05, 0.1) is 11.1 Å². The van der Waals surface area contributed by atoms with Crippen molar-refractivity contribution in [3.63, 3.8) is 0 Å². The van der Waals surface area contributed by atoms with Crippen molar-refractivity contribution in [1.82, 2.24) is 15.2 Å². The lowest BCUT2D eigenvalue weighted by Crippen LogP contribution is -2.14. The lowest BCUT2D eigenvalue weighted by Gasteiger charge is -2.17. The van der Waals surface area contributed by atoms with Crippen LogP contribution in [0.2, 0.25) is 0 Å². The van der Waals surface area contributed by atoms with Crippen molar-refractivity contribution in [3.05, 3.63) is 17.5 Å². The van der Waals surface area contributed by atoms with Gasteiger partial charge >= 0.3 is 0 Å². The number of hydrogen-bond acceptors (Lipinski definition) is 3. The van der Waals surface area contributed by atoms with Crippen LogP contribution >= 0.6 is 0 Å². The molecular formula is C11H16N4. The van der Waals surface area contributed by atoms with Gasteiger partial charge < -0.3 is 5.73 Å². The van der Waals surface area contributed by atoms with Gasteiger partial charge in [0.25, 0.3) is 0 Å². The van der Waals surface area contributed by atoms with E-state index in [-0.39, 0.29) is 5.41 Å². The molecule has 3 N–H and O–H groups in total. The molecule has 2 aromatic heterocycles. The molecule has 80 valence electrons. The summed E-state index contributed by atoms with van der Waals surface area (Å²) >= 11 is 0. The Hall–Kier alpha value is -1.58. The summed E-state index contributed by atoms with van der Waals surface area (Å²) in [6.45, 7) is 8.28. The molecule has 0 spiro atoms. The van der Waals surface area contributed by atoms with Gasteiger partial charge in [0.15, 0.2) is 5.65 Å². The number of nitrogens with one attached hydrogen (secondary N) is 1. The minimum absolute atomic E-state index is 0.00480. The predicted octanol–water partition coefficient (Wildman–Crippen LogP) is 2.15. The van der Waals surface area contributed by atoms with Crippen LogP contribution in [0.1, 0.15) is 32.2 Å². The lowest BCUT2D eigenvalue weighted by molar-refractivity contribution is 0.571. The standard InChI is InChI=1S/C11H16N4/c1-6-9-7(12)5-8(11(2,3)4)13-10(9)15-14-6/h5H,1-4H3,(H3,12,13,14,15). The number of aromatic amines is 1. The molecule has 0 bridgehead atoms. The highest BCUT2D eigenvalue weighted by Gasteiger charge is 2.18. The number of nitrogen functional groups attached to an aromatic ring is 1. The number of anilines is 1. The molecule has 0 aliphatic heterocycles. The number of rotatable bonds is 0. The zero-order valence-corrected chi connectivity index (χ0v) is 9.55. The molecule has 0 amide bonds. The van der Waals surface area contributed by atoms with Gasteiger partial charge in [-0.3, -0.25) is 5.10 Å². The van der Waals surface area contributed by atoms with E-state index in [0.717, 1.165) is 22.5 Å². The molecule has 0 radical (unpaired) electrons. The summed E-state index contributed by atoms with van der Waals surface area (Å²) in [5.41, 5.74) is 9.39. The SMILES string of the molecule is Cc1[nH]nc2nc(C(C)(C)C)cc(N)c12. The van der Waals surface area contributed by atoms with Crippen LogP contribution in [0.5, 0.6) is 0 Å². The number of H-pyrrole nitrogens is 1. The Morgan fingerprint density at radius 2 is 2.00 bits per heavy atom. The van der Waals surface area contributed by atoms with Crippen LogP contribution in [-0.4, -0.2) is 15.2 Å². The van der Waals surface area contributed by atoms with Crippen LogP contribution in [0.4, 0.5) is 5.69 Å². The largest absolute Gasteiger partial charge is 0.398 e. The van der Waals surface area contributed by atoms with Gasteiger partial charge in [-0.15, -0.1) is 0 Å². The van der Waals surface area contributed by atoms with E-state index in [1.807, 2.05) is 13.0 Å². The van der Waals surface area contributed by atoms with Gasteiger partial charge in [-0.25, -0.2) is 4.98 Å². The maximum atomic E-state index is 6.00. The molecule has 15 heavy (non-hydrogen) atoms. The summed E-state index contributed by atoms with van der Waals surface area (Å²) in [6.07, 6.45) is 0. The van der Waals surface area contributed by atoms with E-state index in [2.05, 4.69) is 36.0 Å². The minimum Gasteiger partial charge on any atom is -0.398 e. The average Bonchev–Trinajstić information content (AvgIpc) is 2.46. The summed E-state index contributed by atoms with van der Waals surface area (Å²) in [7, 11) is 0. The third-order valence-corrected chi connectivity index (χ3v) is 2.50. The normalized spacial score (nSPS) is 12.3. The maximum Gasteiger partial charge on any atom is 0.183 e. The second kappa shape index (κ2) is 2.95. The molecule has 4 nitrogen and oxygen atoms in total. The van der Waals surface area contributed by atoms with E-state index in [4.69, 9.17) is 5.73 Å². The van der Waals surface area contributed by atoms with E-state index >= 15 is 0 Å². The first kappa shape index (κ1) is 9.96. The molecule has 0 aromatic carbocycles. The fourth-order valence-electron chi connectivity index (χ4n) is 1.59. The Kier molecular flexibility index (Phi) is 1.96. The molecule has 0 aliphatic carbocycles. The summed E-state index contributed by atoms with van der Waals surface area (Å²) in [5.74, 6) is 0. The number of nitrogens with two attached hydrogens (primary N) is 1. The summed E-state index contributed by atoms with van der Waals surface area (Å²) in [6, 6.07) is 1.94. The lowest BCUT2D eigenvalue weighted by atomic mass is 9.91. The van der Waals surface area contributed by atoms with E-state index in [0.29, 0.717) is 5.65 Å². The highest BCUT2D eigenvalue weighted by molar-refractivity contribution is 5.90. The van der Waals surface area contributed by atoms with E-state index in [9.17, 15) is 0 Å². The van der Waals surface area contributed by atoms with Crippen LogP contribution in [0.25, 0.3) is 11.0 Å². The first-order valence-electron chi connectivity index (χ1n) is 5.01. The van der Waals surface area contributed by atoms with Gasteiger partial charge in [0.1, 0.15) is 0 Å². The molecule has 2 rings (SSSR count). The second-order valence-electron chi connectivity index (χ2n) is 4.89. The molecular weight excluding hydrogens is 188 g/mol. The quantitative estimate of drug-likeness (QED) is 0.691. The van der Waals surface area contributed by atoms with Crippen molar-refractivity contribution in [2.24, 2.45) is 0 Å². The van der Waals surface area contributed by atoms with Crippen molar-refractivity contribution in [2.45, 2.75) is 33.1 Å². The van der Waals surface area contributed by atoms with Crippen molar-refractivity contribution in [1.29, 1.82) is 0 Å². The molecule has 2 aromatic rings. The number of pyridine rings is 1. The van der Waals surface area contributed by atoms with E-state index in [1.165, 1.54) is 0 Å². The molecule has 2 heterocycles. The Morgan fingerprint density at radius 3 is 2.60 bits per heavy atom. The number of fused-ring (bicyclic) bond motifs is 1. The maximum absolute atomic E-state index is 6.00. The van der Waals surface area contributed by atoms with Crippen molar-refractivity contribution < 1.29 is 0 Å². The molecule has 0 unspecified atom stereocenters. The summed E-state index contributed by atoms with van der Waals surface area (Å²) < 4.78 is 0. The molecule has 4 heteroatoms. The summed E-state index contributed by atoms with van der Waals surface area (Å²) in [5, 5.41) is 7.97. The van der Waals surface area contributed by atoms with Gasteiger partial charge in [0, 0.05) is 16.8 Å². The minimum atomic E-state index is -0.00480. The second-order valence-corrected chi connectivity index (χ2v) is 4.89. The molecule has 0 saturated heterocycles. The van der Waals surface area contributed by atoms with E-state index in [1.54, 1.807) is 0 Å². The summed E-state index contributed by atoms with van der Waals surface area (Å²) in [4.78, 5) is 4.51. The number of nitrogens with zero attached hydrogens (tertiary/aromatic N) is 2. The fraction of sp³-hybridized carbons (Fsp3) is 0.455. The van der Waals surface area contributed by atoms with Crippen molar-refractivity contribution in [3.8, 4) is 0 Å². The van der Waals surface area contributed by atoms with Gasteiger partial charge in [-0.05, 0) is 13.0 Å². The molecule has 0 fully saturated rings. The van der Waals surface area contributed by atoms with Crippen LogP contribution < -0.4 is 5.73 Å². The van der Waals surface area contributed by atoms with Crippen LogP contribution in [0.3, 0.4) is 0 Å². The Balaban J connectivity index is 2.74. The third-order valence-electron chi connectivity index (χ3n) is 2.50. The Morgan fingerprint density at radius 1 is 1.33 bits per heavy atom. The van der Waals surface area contributed by atoms with Gasteiger partial charge in [0.2, 0.25) is 0 Å². The molecule has 0 atom stereocenters. The Bertz CT molecular complexity index is 505. The highest BCUT2D eigenvalue weighted by atomic mass is 15.1. The zero-order chi connectivity index (χ0) is 11.2. The first-order valence-corrected chi connectivity index (χ1v) is 5.01. The van der Waals surface area contributed by atoms with Crippen LogP contribution in [0, 0.1) is 6.92 Å². The van der Waals surface area contributed by atoms with Gasteiger partial charge in [-0.1, -0.05) is 20.8 Å². The number of hydrogen-bond donors (Lipinski definition) is 2. The third kappa shape index (κ3) is 1.56.